The van der Waals surface area contributed by atoms with Crippen LogP contribution in [0.3, 0.4) is 0 Å². The van der Waals surface area contributed by atoms with E-state index in [1.54, 1.807) is 45.3 Å². The minimum absolute atomic E-state index is 0.0985. The van der Waals surface area contributed by atoms with Crippen LogP contribution in [0.15, 0.2) is 18.2 Å². The van der Waals surface area contributed by atoms with Crippen LogP contribution >= 0.6 is 0 Å². The van der Waals surface area contributed by atoms with Gasteiger partial charge in [-0.3, -0.25) is 14.9 Å². The second kappa shape index (κ2) is 8.81. The summed E-state index contributed by atoms with van der Waals surface area (Å²) in [4.78, 5) is 24.0. The molecule has 4 rings (SSSR count). The highest BCUT2D eigenvalue weighted by molar-refractivity contribution is 5.89. The number of esters is 1. The van der Waals surface area contributed by atoms with Crippen molar-refractivity contribution in [3.8, 4) is 0 Å². The van der Waals surface area contributed by atoms with E-state index in [0.717, 1.165) is 6.07 Å². The molecule has 2 fully saturated rings. The van der Waals surface area contributed by atoms with Gasteiger partial charge in [-0.05, 0) is 47.1 Å². The molecule has 3 unspecified atom stereocenters. The molecule has 1 aromatic carbocycles. The Bertz CT molecular complexity index is 1160. The van der Waals surface area contributed by atoms with Crippen LogP contribution in [0.4, 0.5) is 10.1 Å². The Morgan fingerprint density at radius 1 is 1.20 bits per heavy atom. The SMILES string of the molecule is CCC(C)(C(=O)OC1COC(C)(C)O1)c1cc2cc([N+](=O)[O-])c(F)cc2n1CC1COC(C)(C)O1. The fourth-order valence-corrected chi connectivity index (χ4v) is 4.51. The fourth-order valence-electron chi connectivity index (χ4n) is 4.51. The zero-order valence-electron chi connectivity index (χ0n) is 20.8. The normalized spacial score (nSPS) is 25.0. The second-order valence-electron chi connectivity index (χ2n) is 10.1. The van der Waals surface area contributed by atoms with Gasteiger partial charge in [0, 0.05) is 23.2 Å². The maximum absolute atomic E-state index is 14.6. The van der Waals surface area contributed by atoms with Crippen molar-refractivity contribution in [2.24, 2.45) is 0 Å². The quantitative estimate of drug-likeness (QED) is 0.321. The first-order chi connectivity index (χ1) is 16.2. The van der Waals surface area contributed by atoms with Gasteiger partial charge in [-0.2, -0.15) is 4.39 Å². The molecule has 0 amide bonds. The Morgan fingerprint density at radius 2 is 1.86 bits per heavy atom. The van der Waals surface area contributed by atoms with Gasteiger partial charge < -0.3 is 28.3 Å². The molecule has 3 heterocycles. The molecular weight excluding hydrogens is 463 g/mol. The molecule has 0 radical (unpaired) electrons. The van der Waals surface area contributed by atoms with Crippen LogP contribution in [-0.4, -0.2) is 52.6 Å². The lowest BCUT2D eigenvalue weighted by molar-refractivity contribution is -0.387. The average molecular weight is 495 g/mol. The Morgan fingerprint density at radius 3 is 2.40 bits per heavy atom. The average Bonchev–Trinajstić information content (AvgIpc) is 3.41. The van der Waals surface area contributed by atoms with Crippen molar-refractivity contribution in [1.82, 2.24) is 4.57 Å². The summed E-state index contributed by atoms with van der Waals surface area (Å²) in [6.45, 7) is 11.3. The van der Waals surface area contributed by atoms with E-state index in [4.69, 9.17) is 23.7 Å². The number of ether oxygens (including phenoxy) is 5. The molecule has 10 nitrogen and oxygen atoms in total. The molecule has 0 bridgehead atoms. The largest absolute Gasteiger partial charge is 0.432 e. The summed E-state index contributed by atoms with van der Waals surface area (Å²) in [6.07, 6.45) is -0.897. The maximum atomic E-state index is 14.6. The number of fused-ring (bicyclic) bond motifs is 1. The van der Waals surface area contributed by atoms with Gasteiger partial charge in [0.25, 0.3) is 0 Å². The van der Waals surface area contributed by atoms with E-state index in [-0.39, 0.29) is 19.3 Å². The summed E-state index contributed by atoms with van der Waals surface area (Å²) >= 11 is 0. The molecule has 1 aromatic heterocycles. The van der Waals surface area contributed by atoms with Gasteiger partial charge in [0.1, 0.15) is 18.1 Å². The van der Waals surface area contributed by atoms with E-state index in [2.05, 4.69) is 0 Å². The molecule has 2 saturated heterocycles. The van der Waals surface area contributed by atoms with Crippen LogP contribution in [0.2, 0.25) is 0 Å². The molecule has 11 heteroatoms. The Hall–Kier alpha value is -2.60. The zero-order valence-corrected chi connectivity index (χ0v) is 20.8. The van der Waals surface area contributed by atoms with E-state index in [1.165, 1.54) is 6.07 Å². The molecule has 0 spiro atoms. The van der Waals surface area contributed by atoms with Gasteiger partial charge >= 0.3 is 11.7 Å². The van der Waals surface area contributed by atoms with Crippen molar-refractivity contribution in [2.75, 3.05) is 13.2 Å². The molecule has 2 aliphatic heterocycles. The van der Waals surface area contributed by atoms with Gasteiger partial charge in [0.15, 0.2) is 11.6 Å². The number of carbonyl (C=O) groups excluding carboxylic acids is 1. The number of hydrogen-bond acceptors (Lipinski definition) is 8. The zero-order chi connectivity index (χ0) is 25.8. The van der Waals surface area contributed by atoms with Crippen molar-refractivity contribution in [2.45, 2.75) is 83.9 Å². The lowest BCUT2D eigenvalue weighted by Gasteiger charge is -2.30. The molecule has 192 valence electrons. The standard InChI is InChI=1S/C24H31FN2O8/c1-7-24(6,21(28)33-20-13-32-23(4,5)35-20)19-9-14-8-18(27(29)30)16(25)10-17(14)26(19)11-15-12-31-22(2,3)34-15/h8-10,15,20H,7,11-13H2,1-6H3. The summed E-state index contributed by atoms with van der Waals surface area (Å²) in [7, 11) is 0. The van der Waals surface area contributed by atoms with Crippen LogP contribution in [0.25, 0.3) is 10.9 Å². The summed E-state index contributed by atoms with van der Waals surface area (Å²) in [5, 5.41) is 11.8. The number of halogens is 1. The third-order valence-corrected chi connectivity index (χ3v) is 6.56. The van der Waals surface area contributed by atoms with E-state index in [9.17, 15) is 19.3 Å². The lowest BCUT2D eigenvalue weighted by atomic mass is 9.83. The molecule has 0 saturated carbocycles. The van der Waals surface area contributed by atoms with Crippen LogP contribution in [-0.2, 0) is 40.4 Å². The number of nitro groups is 1. The highest BCUT2D eigenvalue weighted by Crippen LogP contribution is 2.38. The first-order valence-corrected chi connectivity index (χ1v) is 11.6. The summed E-state index contributed by atoms with van der Waals surface area (Å²) < 4.78 is 44.8. The van der Waals surface area contributed by atoms with Crippen molar-refractivity contribution < 1.29 is 37.8 Å². The van der Waals surface area contributed by atoms with Gasteiger partial charge in [-0.25, -0.2) is 0 Å². The van der Waals surface area contributed by atoms with Crippen molar-refractivity contribution in [1.29, 1.82) is 0 Å². The van der Waals surface area contributed by atoms with E-state index in [1.807, 2.05) is 6.92 Å². The molecular formula is C24H31FN2O8. The molecule has 2 aromatic rings. The predicted octanol–water partition coefficient (Wildman–Crippen LogP) is 4.16. The minimum Gasteiger partial charge on any atom is -0.432 e. The van der Waals surface area contributed by atoms with Gasteiger partial charge in [0.2, 0.25) is 12.1 Å². The summed E-state index contributed by atoms with van der Waals surface area (Å²) in [6, 6.07) is 3.97. The van der Waals surface area contributed by atoms with E-state index in [0.29, 0.717) is 29.6 Å². The predicted molar refractivity (Wildman–Crippen MR) is 122 cm³/mol. The first kappa shape index (κ1) is 25.5. The van der Waals surface area contributed by atoms with Crippen molar-refractivity contribution in [3.63, 3.8) is 0 Å². The third-order valence-electron chi connectivity index (χ3n) is 6.56. The van der Waals surface area contributed by atoms with Crippen LogP contribution < -0.4 is 0 Å². The number of aromatic nitrogens is 1. The van der Waals surface area contributed by atoms with E-state index >= 15 is 0 Å². The molecule has 3 atom stereocenters. The number of carbonyl (C=O) groups is 1. The third kappa shape index (κ3) is 4.90. The molecule has 0 N–H and O–H groups in total. The maximum Gasteiger partial charge on any atom is 0.320 e. The molecule has 2 aliphatic rings. The molecule has 35 heavy (non-hydrogen) atoms. The Kier molecular flexibility index (Phi) is 6.41. The highest BCUT2D eigenvalue weighted by Gasteiger charge is 2.44. The topological polar surface area (TPSA) is 111 Å². The summed E-state index contributed by atoms with van der Waals surface area (Å²) in [5.41, 5.74) is -0.880. The van der Waals surface area contributed by atoms with Crippen LogP contribution in [0, 0.1) is 15.9 Å². The number of nitrogens with zero attached hydrogens (tertiary/aromatic N) is 2. The summed E-state index contributed by atoms with van der Waals surface area (Å²) in [5.74, 6) is -3.16. The smallest absolute Gasteiger partial charge is 0.320 e. The Labute approximate surface area is 202 Å². The first-order valence-electron chi connectivity index (χ1n) is 11.6. The monoisotopic (exact) mass is 494 g/mol. The highest BCUT2D eigenvalue weighted by atomic mass is 19.1. The number of nitro benzene ring substituents is 1. The van der Waals surface area contributed by atoms with Gasteiger partial charge in [-0.1, -0.05) is 6.92 Å². The number of benzene rings is 1. The number of rotatable bonds is 7. The van der Waals surface area contributed by atoms with E-state index < -0.39 is 45.7 Å². The van der Waals surface area contributed by atoms with Gasteiger partial charge in [-0.15, -0.1) is 0 Å². The van der Waals surface area contributed by atoms with Crippen LogP contribution in [0.5, 0.6) is 0 Å². The Balaban J connectivity index is 1.77. The molecule has 0 aliphatic carbocycles. The minimum atomic E-state index is -1.17. The van der Waals surface area contributed by atoms with Crippen molar-refractivity contribution in [3.05, 3.63) is 39.8 Å². The lowest BCUT2D eigenvalue weighted by Crippen LogP contribution is -2.39. The second-order valence-corrected chi connectivity index (χ2v) is 10.1. The van der Waals surface area contributed by atoms with Crippen LogP contribution in [0.1, 0.15) is 53.7 Å². The fraction of sp³-hybridized carbons (Fsp3) is 0.625. The van der Waals surface area contributed by atoms with Gasteiger partial charge in [0.05, 0.1) is 23.6 Å². The van der Waals surface area contributed by atoms with Crippen molar-refractivity contribution >= 4 is 22.6 Å². The number of hydrogen-bond donors (Lipinski definition) is 0.